The van der Waals surface area contributed by atoms with Gasteiger partial charge in [-0.15, -0.1) is 0 Å². The van der Waals surface area contributed by atoms with Crippen molar-refractivity contribution in [1.82, 2.24) is 4.90 Å². The first-order valence-electron chi connectivity index (χ1n) is 8.78. The monoisotopic (exact) mass is 422 g/mol. The number of carbonyl (C=O) groups excluding carboxylic acids is 2. The molecule has 148 valence electrons. The summed E-state index contributed by atoms with van der Waals surface area (Å²) in [6.45, 7) is 0.499. The molecule has 0 aromatic heterocycles. The molecule has 0 bridgehead atoms. The summed E-state index contributed by atoms with van der Waals surface area (Å²) in [7, 11) is 1.53. The molecule has 1 aliphatic rings. The van der Waals surface area contributed by atoms with Crippen LogP contribution in [0.3, 0.4) is 0 Å². The van der Waals surface area contributed by atoms with Crippen molar-refractivity contribution in [3.05, 3.63) is 52.5 Å². The molecule has 0 spiro atoms. The Morgan fingerprint density at radius 1 is 1.18 bits per heavy atom. The third-order valence-corrected chi connectivity index (χ3v) is 4.94. The van der Waals surface area contributed by atoms with Crippen LogP contribution in [0.5, 0.6) is 11.5 Å². The van der Waals surface area contributed by atoms with Crippen LogP contribution >= 0.6 is 23.2 Å². The predicted molar refractivity (Wildman–Crippen MR) is 108 cm³/mol. The first-order chi connectivity index (χ1) is 13.5. The van der Waals surface area contributed by atoms with Crippen molar-refractivity contribution in [2.24, 2.45) is 0 Å². The van der Waals surface area contributed by atoms with Crippen LogP contribution in [-0.2, 0) is 9.59 Å². The lowest BCUT2D eigenvalue weighted by atomic mass is 10.2. The summed E-state index contributed by atoms with van der Waals surface area (Å²) >= 11 is 12.0. The summed E-state index contributed by atoms with van der Waals surface area (Å²) in [4.78, 5) is 28.2. The van der Waals surface area contributed by atoms with E-state index >= 15 is 0 Å². The number of methoxy groups -OCH3 is 1. The Hall–Kier alpha value is -2.44. The zero-order valence-electron chi connectivity index (χ0n) is 15.4. The number of likely N-dealkylation sites (tertiary alicyclic amines) is 1. The van der Waals surface area contributed by atoms with Gasteiger partial charge in [-0.2, -0.15) is 0 Å². The van der Waals surface area contributed by atoms with Crippen LogP contribution in [0.1, 0.15) is 12.8 Å². The van der Waals surface area contributed by atoms with E-state index < -0.39 is 0 Å². The minimum atomic E-state index is -0.324. The first kappa shape index (κ1) is 20.3. The van der Waals surface area contributed by atoms with Crippen LogP contribution in [0.2, 0.25) is 10.0 Å². The fraction of sp³-hybridized carbons (Fsp3) is 0.300. The molecule has 0 N–H and O–H groups in total. The molecule has 1 heterocycles. The molecule has 6 nitrogen and oxygen atoms in total. The Morgan fingerprint density at radius 2 is 1.96 bits per heavy atom. The summed E-state index contributed by atoms with van der Waals surface area (Å²) in [6.07, 6.45) is 1.27. The second-order valence-corrected chi connectivity index (χ2v) is 7.10. The summed E-state index contributed by atoms with van der Waals surface area (Å²) in [6, 6.07) is 11.9. The molecule has 2 aromatic carbocycles. The molecule has 2 amide bonds. The van der Waals surface area contributed by atoms with Crippen LogP contribution in [0.25, 0.3) is 0 Å². The minimum absolute atomic E-state index is 0.0226. The van der Waals surface area contributed by atoms with Gasteiger partial charge in [0, 0.05) is 18.0 Å². The SMILES string of the molecule is COc1ccccc1N(CN1CCCC1=O)C(=O)COc1ccc(Cl)cc1Cl. The molecule has 1 fully saturated rings. The molecular weight excluding hydrogens is 403 g/mol. The molecule has 0 radical (unpaired) electrons. The number of amides is 2. The van der Waals surface area contributed by atoms with Crippen molar-refractivity contribution in [1.29, 1.82) is 0 Å². The Labute approximate surface area is 173 Å². The molecular formula is C20H20Cl2N2O4. The second-order valence-electron chi connectivity index (χ2n) is 6.26. The normalized spacial score (nSPS) is 13.5. The van der Waals surface area contributed by atoms with Gasteiger partial charge in [0.15, 0.2) is 6.61 Å². The average Bonchev–Trinajstić information content (AvgIpc) is 3.09. The van der Waals surface area contributed by atoms with Crippen LogP contribution in [0.15, 0.2) is 42.5 Å². The van der Waals surface area contributed by atoms with Gasteiger partial charge in [-0.25, -0.2) is 0 Å². The van der Waals surface area contributed by atoms with Gasteiger partial charge in [-0.3, -0.25) is 14.5 Å². The molecule has 1 aliphatic heterocycles. The molecule has 3 rings (SSSR count). The summed E-state index contributed by atoms with van der Waals surface area (Å²) in [5.41, 5.74) is 0.570. The number of halogens is 2. The molecule has 0 unspecified atom stereocenters. The number of para-hydroxylation sites is 2. The largest absolute Gasteiger partial charge is 0.495 e. The van der Waals surface area contributed by atoms with Gasteiger partial charge in [0.2, 0.25) is 5.91 Å². The molecule has 2 aromatic rings. The number of carbonyl (C=O) groups is 2. The van der Waals surface area contributed by atoms with Crippen LogP contribution in [0, 0.1) is 0 Å². The van der Waals surface area contributed by atoms with Crippen molar-refractivity contribution in [2.75, 3.05) is 31.8 Å². The maximum atomic E-state index is 13.0. The molecule has 8 heteroatoms. The third kappa shape index (κ3) is 4.69. The highest BCUT2D eigenvalue weighted by molar-refractivity contribution is 6.35. The molecule has 1 saturated heterocycles. The van der Waals surface area contributed by atoms with Crippen LogP contribution < -0.4 is 14.4 Å². The van der Waals surface area contributed by atoms with Gasteiger partial charge < -0.3 is 14.4 Å². The summed E-state index contributed by atoms with van der Waals surface area (Å²) in [5.74, 6) is 0.591. The number of ether oxygens (including phenoxy) is 2. The number of anilines is 1. The maximum Gasteiger partial charge on any atom is 0.266 e. The van der Waals surface area contributed by atoms with Gasteiger partial charge in [0.1, 0.15) is 18.2 Å². The Morgan fingerprint density at radius 3 is 2.64 bits per heavy atom. The zero-order valence-corrected chi connectivity index (χ0v) is 16.9. The molecule has 0 aliphatic carbocycles. The number of hydrogen-bond donors (Lipinski definition) is 0. The lowest BCUT2D eigenvalue weighted by Gasteiger charge is -2.29. The predicted octanol–water partition coefficient (Wildman–Crippen LogP) is 3.99. The van der Waals surface area contributed by atoms with Gasteiger partial charge in [-0.1, -0.05) is 35.3 Å². The van der Waals surface area contributed by atoms with Gasteiger partial charge in [0.05, 0.1) is 17.8 Å². The van der Waals surface area contributed by atoms with E-state index in [0.717, 1.165) is 6.42 Å². The van der Waals surface area contributed by atoms with E-state index in [0.29, 0.717) is 40.2 Å². The third-order valence-electron chi connectivity index (χ3n) is 4.41. The standard InChI is InChI=1S/C20H20Cl2N2O4/c1-27-18-6-3-2-5-16(18)24(13-23-10-4-7-19(23)25)20(26)12-28-17-9-8-14(21)11-15(17)22/h2-3,5-6,8-9,11H,4,7,10,12-13H2,1H3. The van der Waals surface area contributed by atoms with E-state index in [9.17, 15) is 9.59 Å². The van der Waals surface area contributed by atoms with E-state index in [1.54, 1.807) is 41.3 Å². The highest BCUT2D eigenvalue weighted by atomic mass is 35.5. The topological polar surface area (TPSA) is 59.1 Å². The number of hydrogen-bond acceptors (Lipinski definition) is 4. The van der Waals surface area contributed by atoms with Gasteiger partial charge >= 0.3 is 0 Å². The van der Waals surface area contributed by atoms with Crippen LogP contribution in [0.4, 0.5) is 5.69 Å². The highest BCUT2D eigenvalue weighted by Crippen LogP contribution is 2.30. The van der Waals surface area contributed by atoms with Gasteiger partial charge in [-0.05, 0) is 36.8 Å². The average molecular weight is 423 g/mol. The summed E-state index contributed by atoms with van der Waals surface area (Å²) < 4.78 is 11.0. The fourth-order valence-electron chi connectivity index (χ4n) is 2.98. The number of nitrogens with zero attached hydrogens (tertiary/aromatic N) is 2. The number of rotatable bonds is 7. The van der Waals surface area contributed by atoms with Gasteiger partial charge in [0.25, 0.3) is 5.91 Å². The van der Waals surface area contributed by atoms with E-state index in [-0.39, 0.29) is 25.1 Å². The first-order valence-corrected chi connectivity index (χ1v) is 9.54. The quantitative estimate of drug-likeness (QED) is 0.676. The van der Waals surface area contributed by atoms with E-state index in [4.69, 9.17) is 32.7 Å². The van der Waals surface area contributed by atoms with E-state index in [1.807, 2.05) is 6.07 Å². The Bertz CT molecular complexity index is 875. The number of benzene rings is 2. The Balaban J connectivity index is 1.80. The molecule has 0 saturated carbocycles. The van der Waals surface area contributed by atoms with Crippen molar-refractivity contribution in [2.45, 2.75) is 12.8 Å². The smallest absolute Gasteiger partial charge is 0.266 e. The fourth-order valence-corrected chi connectivity index (χ4v) is 3.44. The van der Waals surface area contributed by atoms with Crippen molar-refractivity contribution in [3.63, 3.8) is 0 Å². The highest BCUT2D eigenvalue weighted by Gasteiger charge is 2.27. The lowest BCUT2D eigenvalue weighted by molar-refractivity contribution is -0.128. The summed E-state index contributed by atoms with van der Waals surface area (Å²) in [5, 5.41) is 0.797. The zero-order chi connectivity index (χ0) is 20.1. The van der Waals surface area contributed by atoms with Crippen LogP contribution in [-0.4, -0.2) is 43.6 Å². The van der Waals surface area contributed by atoms with Crippen molar-refractivity contribution < 1.29 is 19.1 Å². The minimum Gasteiger partial charge on any atom is -0.495 e. The molecule has 28 heavy (non-hydrogen) atoms. The van der Waals surface area contributed by atoms with Crippen molar-refractivity contribution >= 4 is 40.7 Å². The van der Waals surface area contributed by atoms with E-state index in [2.05, 4.69) is 0 Å². The van der Waals surface area contributed by atoms with Crippen molar-refractivity contribution in [3.8, 4) is 11.5 Å². The maximum absolute atomic E-state index is 13.0. The lowest BCUT2D eigenvalue weighted by Crippen LogP contribution is -2.44. The second kappa shape index (κ2) is 9.17. The molecule has 0 atom stereocenters. The van der Waals surface area contributed by atoms with E-state index in [1.165, 1.54) is 12.0 Å². The Kier molecular flexibility index (Phi) is 6.65.